The van der Waals surface area contributed by atoms with Crippen molar-refractivity contribution < 1.29 is 4.79 Å². The summed E-state index contributed by atoms with van der Waals surface area (Å²) in [6, 6.07) is 25.5. The van der Waals surface area contributed by atoms with Gasteiger partial charge in [-0.25, -0.2) is 0 Å². The highest BCUT2D eigenvalue weighted by Gasteiger charge is 2.31. The Morgan fingerprint density at radius 3 is 2.21 bits per heavy atom. The zero-order valence-electron chi connectivity index (χ0n) is 12.9. The molecule has 3 aromatic carbocycles. The van der Waals surface area contributed by atoms with Gasteiger partial charge in [0.1, 0.15) is 0 Å². The number of allylic oxidation sites excluding steroid dienone is 1. The van der Waals surface area contributed by atoms with Crippen molar-refractivity contribution in [3.05, 3.63) is 112 Å². The molecule has 1 atom stereocenters. The zero-order valence-corrected chi connectivity index (χ0v) is 13.7. The summed E-state index contributed by atoms with van der Waals surface area (Å²) in [6.45, 7) is 0. The Morgan fingerprint density at radius 2 is 1.46 bits per heavy atom. The van der Waals surface area contributed by atoms with Gasteiger partial charge >= 0.3 is 0 Å². The van der Waals surface area contributed by atoms with E-state index in [-0.39, 0.29) is 11.7 Å². The second kappa shape index (κ2) is 6.10. The fraction of sp³-hybridized carbons (Fsp3) is 0.0455. The highest BCUT2D eigenvalue weighted by molar-refractivity contribution is 6.30. The van der Waals surface area contributed by atoms with Crippen LogP contribution in [0.3, 0.4) is 0 Å². The fourth-order valence-electron chi connectivity index (χ4n) is 3.29. The first-order valence-corrected chi connectivity index (χ1v) is 8.27. The molecule has 0 saturated carbocycles. The van der Waals surface area contributed by atoms with Gasteiger partial charge in [-0.3, -0.25) is 4.79 Å². The maximum Gasteiger partial charge on any atom is 0.189 e. The molecule has 4 rings (SSSR count). The summed E-state index contributed by atoms with van der Waals surface area (Å²) in [5.74, 6) is 0.0299. The standard InChI is InChI=1S/C22H15ClO/c23-18-12-10-16(11-13-18)22(24)20-14-17-8-4-5-9-19(17)21(20)15-6-2-1-3-7-15/h1-14,21H. The number of rotatable bonds is 3. The van der Waals surface area contributed by atoms with Gasteiger partial charge in [-0.05, 0) is 47.0 Å². The lowest BCUT2D eigenvalue weighted by atomic mass is 9.85. The van der Waals surface area contributed by atoms with Crippen molar-refractivity contribution in [3.8, 4) is 0 Å². The molecule has 2 heteroatoms. The normalized spacial score (nSPS) is 15.7. The van der Waals surface area contributed by atoms with Crippen molar-refractivity contribution in [2.45, 2.75) is 5.92 Å². The summed E-state index contributed by atoms with van der Waals surface area (Å²) in [7, 11) is 0. The Hall–Kier alpha value is -2.64. The van der Waals surface area contributed by atoms with Crippen LogP contribution in [0.15, 0.2) is 84.4 Å². The topological polar surface area (TPSA) is 17.1 Å². The van der Waals surface area contributed by atoms with E-state index in [0.29, 0.717) is 10.6 Å². The van der Waals surface area contributed by atoms with Crippen molar-refractivity contribution >= 4 is 23.5 Å². The first kappa shape index (κ1) is 14.9. The first-order valence-electron chi connectivity index (χ1n) is 7.90. The van der Waals surface area contributed by atoms with E-state index in [9.17, 15) is 4.79 Å². The van der Waals surface area contributed by atoms with E-state index in [4.69, 9.17) is 11.6 Å². The smallest absolute Gasteiger partial charge is 0.189 e. The summed E-state index contributed by atoms with van der Waals surface area (Å²) >= 11 is 5.95. The molecule has 0 heterocycles. The van der Waals surface area contributed by atoms with Crippen LogP contribution in [-0.4, -0.2) is 5.78 Å². The van der Waals surface area contributed by atoms with Gasteiger partial charge in [-0.1, -0.05) is 66.2 Å². The van der Waals surface area contributed by atoms with E-state index in [1.54, 1.807) is 24.3 Å². The predicted octanol–water partition coefficient (Wildman–Crippen LogP) is 5.75. The lowest BCUT2D eigenvalue weighted by Gasteiger charge is -2.17. The van der Waals surface area contributed by atoms with Crippen LogP contribution in [0.2, 0.25) is 5.02 Å². The highest BCUT2D eigenvalue weighted by Crippen LogP contribution is 2.42. The molecule has 1 nitrogen and oxygen atoms in total. The lowest BCUT2D eigenvalue weighted by Crippen LogP contribution is -2.10. The van der Waals surface area contributed by atoms with Crippen LogP contribution in [0.25, 0.3) is 6.08 Å². The van der Waals surface area contributed by atoms with Gasteiger partial charge in [0.05, 0.1) is 0 Å². The molecule has 1 aliphatic carbocycles. The van der Waals surface area contributed by atoms with Gasteiger partial charge in [0.2, 0.25) is 0 Å². The minimum Gasteiger partial charge on any atom is -0.289 e. The van der Waals surface area contributed by atoms with Crippen molar-refractivity contribution in [2.24, 2.45) is 0 Å². The Morgan fingerprint density at radius 1 is 0.792 bits per heavy atom. The van der Waals surface area contributed by atoms with Crippen LogP contribution >= 0.6 is 11.6 Å². The molecule has 1 aliphatic rings. The number of hydrogen-bond acceptors (Lipinski definition) is 1. The number of benzene rings is 3. The first-order chi connectivity index (χ1) is 11.7. The Labute approximate surface area is 146 Å². The van der Waals surface area contributed by atoms with Crippen molar-refractivity contribution in [2.75, 3.05) is 0 Å². The molecule has 0 N–H and O–H groups in total. The summed E-state index contributed by atoms with van der Waals surface area (Å²) in [6.07, 6.45) is 2.02. The van der Waals surface area contributed by atoms with E-state index < -0.39 is 0 Å². The van der Waals surface area contributed by atoms with Gasteiger partial charge in [-0.15, -0.1) is 0 Å². The Bertz CT molecular complexity index is 924. The molecule has 1 unspecified atom stereocenters. The molecule has 0 amide bonds. The third kappa shape index (κ3) is 2.57. The molecule has 24 heavy (non-hydrogen) atoms. The molecule has 0 spiro atoms. The molecule has 0 radical (unpaired) electrons. The molecule has 0 fully saturated rings. The number of ketones is 1. The van der Waals surface area contributed by atoms with Gasteiger partial charge in [0, 0.05) is 22.1 Å². The Balaban J connectivity index is 1.81. The maximum absolute atomic E-state index is 13.1. The van der Waals surface area contributed by atoms with E-state index in [2.05, 4.69) is 24.3 Å². The predicted molar refractivity (Wildman–Crippen MR) is 98.5 cm³/mol. The van der Waals surface area contributed by atoms with Crippen LogP contribution in [0.1, 0.15) is 33.0 Å². The summed E-state index contributed by atoms with van der Waals surface area (Å²) in [5.41, 5.74) is 4.91. The number of carbonyl (C=O) groups is 1. The number of Topliss-reactive ketones (excluding diaryl/α,β-unsaturated/α-hetero) is 1. The summed E-state index contributed by atoms with van der Waals surface area (Å²) < 4.78 is 0. The number of halogens is 1. The summed E-state index contributed by atoms with van der Waals surface area (Å²) in [4.78, 5) is 13.1. The third-order valence-electron chi connectivity index (χ3n) is 4.43. The lowest BCUT2D eigenvalue weighted by molar-refractivity contribution is 0.103. The van der Waals surface area contributed by atoms with Crippen molar-refractivity contribution in [1.29, 1.82) is 0 Å². The molecule has 0 aromatic heterocycles. The molecule has 0 aliphatic heterocycles. The minimum absolute atomic E-state index is 0.0226. The monoisotopic (exact) mass is 330 g/mol. The second-order valence-corrected chi connectivity index (χ2v) is 6.34. The second-order valence-electron chi connectivity index (χ2n) is 5.91. The van der Waals surface area contributed by atoms with Crippen LogP contribution in [0, 0.1) is 0 Å². The quantitative estimate of drug-likeness (QED) is 0.559. The minimum atomic E-state index is -0.0226. The fourth-order valence-corrected chi connectivity index (χ4v) is 3.42. The van der Waals surface area contributed by atoms with Crippen LogP contribution in [-0.2, 0) is 0 Å². The third-order valence-corrected chi connectivity index (χ3v) is 4.68. The number of hydrogen-bond donors (Lipinski definition) is 0. The molecule has 116 valence electrons. The van der Waals surface area contributed by atoms with Crippen LogP contribution < -0.4 is 0 Å². The van der Waals surface area contributed by atoms with E-state index >= 15 is 0 Å². The van der Waals surface area contributed by atoms with Gasteiger partial charge in [0.15, 0.2) is 5.78 Å². The number of fused-ring (bicyclic) bond motifs is 1. The number of carbonyl (C=O) groups excluding carboxylic acids is 1. The zero-order chi connectivity index (χ0) is 16.5. The van der Waals surface area contributed by atoms with Gasteiger partial charge in [-0.2, -0.15) is 0 Å². The van der Waals surface area contributed by atoms with Gasteiger partial charge < -0.3 is 0 Å². The average molecular weight is 331 g/mol. The van der Waals surface area contributed by atoms with Crippen molar-refractivity contribution in [3.63, 3.8) is 0 Å². The summed E-state index contributed by atoms with van der Waals surface area (Å²) in [5, 5.41) is 0.634. The highest BCUT2D eigenvalue weighted by atomic mass is 35.5. The van der Waals surface area contributed by atoms with E-state index in [1.165, 1.54) is 5.56 Å². The molecule has 3 aromatic rings. The molecule has 0 bridgehead atoms. The van der Waals surface area contributed by atoms with E-state index in [1.807, 2.05) is 36.4 Å². The maximum atomic E-state index is 13.1. The van der Waals surface area contributed by atoms with E-state index in [0.717, 1.165) is 16.7 Å². The molecule has 0 saturated heterocycles. The van der Waals surface area contributed by atoms with Gasteiger partial charge in [0.25, 0.3) is 0 Å². The molecular weight excluding hydrogens is 316 g/mol. The average Bonchev–Trinajstić information content (AvgIpc) is 3.02. The Kier molecular flexibility index (Phi) is 3.79. The molecular formula is C22H15ClO. The van der Waals surface area contributed by atoms with Crippen LogP contribution in [0.4, 0.5) is 0 Å². The SMILES string of the molecule is O=C(C1=Cc2ccccc2C1c1ccccc1)c1ccc(Cl)cc1. The largest absolute Gasteiger partial charge is 0.289 e. The van der Waals surface area contributed by atoms with Crippen molar-refractivity contribution in [1.82, 2.24) is 0 Å². The van der Waals surface area contributed by atoms with Crippen LogP contribution in [0.5, 0.6) is 0 Å².